The molecule has 0 saturated carbocycles. The number of nitrogens with two attached hydrogens (primary N) is 1. The highest BCUT2D eigenvalue weighted by Gasteiger charge is 2.61. The number of hydrogen-bond donors (Lipinski definition) is 3. The summed E-state index contributed by atoms with van der Waals surface area (Å²) in [6.45, 7) is 11.1. The summed E-state index contributed by atoms with van der Waals surface area (Å²) >= 11 is 0. The van der Waals surface area contributed by atoms with E-state index in [4.69, 9.17) is 15.2 Å². The van der Waals surface area contributed by atoms with Gasteiger partial charge in [0.05, 0.1) is 40.6 Å². The van der Waals surface area contributed by atoms with Gasteiger partial charge in [0, 0.05) is 29.8 Å². The molecular formula is C25H35N5O7. The van der Waals surface area contributed by atoms with E-state index in [1.165, 1.54) is 20.2 Å². The van der Waals surface area contributed by atoms with Crippen LogP contribution in [0.3, 0.4) is 0 Å². The van der Waals surface area contributed by atoms with Crippen molar-refractivity contribution in [3.05, 3.63) is 24.4 Å². The number of aromatic nitrogens is 4. The Hall–Kier alpha value is -3.54. The number of carboxylic acids is 2. The SMILES string of the molecule is Cc1nc(N)ncc1-c1cn([C@@H]2O[C@@H](COC(=O)C(C)C)[C@@H](C(C)(C)C(=O)O)[C@@H]2C(C)(C)C(=O)O)cn1. The molecule has 4 atom stereocenters. The van der Waals surface area contributed by atoms with Crippen molar-refractivity contribution in [2.45, 2.75) is 60.8 Å². The van der Waals surface area contributed by atoms with Gasteiger partial charge in [0.25, 0.3) is 0 Å². The van der Waals surface area contributed by atoms with Gasteiger partial charge in [-0.15, -0.1) is 0 Å². The van der Waals surface area contributed by atoms with E-state index in [0.29, 0.717) is 17.0 Å². The Morgan fingerprint density at radius 1 is 1.11 bits per heavy atom. The molecule has 37 heavy (non-hydrogen) atoms. The molecule has 0 bridgehead atoms. The number of ether oxygens (including phenoxy) is 2. The number of carbonyl (C=O) groups excluding carboxylic acids is 1. The van der Waals surface area contributed by atoms with Crippen LogP contribution in [0.15, 0.2) is 18.7 Å². The molecule has 0 radical (unpaired) electrons. The molecule has 2 aromatic rings. The fourth-order valence-electron chi connectivity index (χ4n) is 4.84. The third-order valence-corrected chi connectivity index (χ3v) is 7.21. The van der Waals surface area contributed by atoms with Crippen LogP contribution in [0.4, 0.5) is 5.95 Å². The first-order valence-electron chi connectivity index (χ1n) is 12.0. The van der Waals surface area contributed by atoms with Gasteiger partial charge in [-0.3, -0.25) is 14.4 Å². The van der Waals surface area contributed by atoms with E-state index in [9.17, 15) is 24.6 Å². The van der Waals surface area contributed by atoms with Gasteiger partial charge >= 0.3 is 17.9 Å². The zero-order valence-electron chi connectivity index (χ0n) is 22.1. The Morgan fingerprint density at radius 2 is 1.70 bits per heavy atom. The van der Waals surface area contributed by atoms with Crippen LogP contribution in [0.5, 0.6) is 0 Å². The number of imidazole rings is 1. The van der Waals surface area contributed by atoms with E-state index in [0.717, 1.165) is 0 Å². The van der Waals surface area contributed by atoms with E-state index >= 15 is 0 Å². The minimum absolute atomic E-state index is 0.126. The maximum atomic E-state index is 12.5. The summed E-state index contributed by atoms with van der Waals surface area (Å²) in [6, 6.07) is 0. The fourth-order valence-corrected chi connectivity index (χ4v) is 4.84. The zero-order valence-corrected chi connectivity index (χ0v) is 22.1. The average molecular weight is 518 g/mol. The van der Waals surface area contributed by atoms with Gasteiger partial charge in [0.1, 0.15) is 12.8 Å². The Kier molecular flexibility index (Phi) is 7.64. The highest BCUT2D eigenvalue weighted by Crippen LogP contribution is 2.55. The second kappa shape index (κ2) is 10.1. The molecule has 3 heterocycles. The summed E-state index contributed by atoms with van der Waals surface area (Å²) in [7, 11) is 0. The van der Waals surface area contributed by atoms with Crippen LogP contribution >= 0.6 is 0 Å². The molecule has 2 aromatic heterocycles. The van der Waals surface area contributed by atoms with E-state index in [1.54, 1.807) is 51.6 Å². The van der Waals surface area contributed by atoms with Gasteiger partial charge in [-0.1, -0.05) is 13.8 Å². The number of anilines is 1. The summed E-state index contributed by atoms with van der Waals surface area (Å²) in [5.74, 6) is -4.61. The molecule has 0 amide bonds. The van der Waals surface area contributed by atoms with Gasteiger partial charge in [0.15, 0.2) is 0 Å². The minimum Gasteiger partial charge on any atom is -0.481 e. The number of nitrogens with zero attached hydrogens (tertiary/aromatic N) is 4. The van der Waals surface area contributed by atoms with Crippen molar-refractivity contribution < 1.29 is 34.1 Å². The zero-order chi connectivity index (χ0) is 27.9. The highest BCUT2D eigenvalue weighted by molar-refractivity contribution is 5.77. The maximum Gasteiger partial charge on any atom is 0.309 e. The number of esters is 1. The summed E-state index contributed by atoms with van der Waals surface area (Å²) in [5.41, 5.74) is 4.59. The fraction of sp³-hybridized carbons (Fsp3) is 0.600. The Morgan fingerprint density at radius 3 is 2.24 bits per heavy atom. The molecule has 1 fully saturated rings. The van der Waals surface area contributed by atoms with Crippen molar-refractivity contribution in [1.29, 1.82) is 0 Å². The molecule has 12 heteroatoms. The molecule has 202 valence electrons. The molecule has 1 aliphatic heterocycles. The van der Waals surface area contributed by atoms with Gasteiger partial charge in [-0.25, -0.2) is 15.0 Å². The molecule has 0 aliphatic carbocycles. The Labute approximate surface area is 215 Å². The van der Waals surface area contributed by atoms with E-state index in [1.807, 2.05) is 0 Å². The van der Waals surface area contributed by atoms with E-state index in [-0.39, 0.29) is 12.6 Å². The number of carbonyl (C=O) groups is 3. The van der Waals surface area contributed by atoms with Crippen LogP contribution in [0.1, 0.15) is 53.5 Å². The number of aryl methyl sites for hydroxylation is 1. The molecule has 1 aliphatic rings. The van der Waals surface area contributed by atoms with Gasteiger partial charge < -0.3 is 30.0 Å². The third-order valence-electron chi connectivity index (χ3n) is 7.21. The average Bonchev–Trinajstić information content (AvgIpc) is 3.42. The molecule has 0 unspecified atom stereocenters. The normalized spacial score (nSPS) is 22.3. The number of nitrogen functional groups attached to an aromatic ring is 1. The first-order chi connectivity index (χ1) is 17.1. The van der Waals surface area contributed by atoms with Crippen molar-refractivity contribution >= 4 is 23.9 Å². The van der Waals surface area contributed by atoms with Crippen LogP contribution in [-0.4, -0.2) is 60.4 Å². The van der Waals surface area contributed by atoms with Crippen molar-refractivity contribution in [2.24, 2.45) is 28.6 Å². The second-order valence-electron chi connectivity index (χ2n) is 10.9. The summed E-state index contributed by atoms with van der Waals surface area (Å²) in [5, 5.41) is 20.3. The molecule has 3 rings (SSSR count). The van der Waals surface area contributed by atoms with Crippen LogP contribution in [0.2, 0.25) is 0 Å². The first-order valence-corrected chi connectivity index (χ1v) is 12.0. The van der Waals surface area contributed by atoms with Crippen molar-refractivity contribution in [3.8, 4) is 11.3 Å². The second-order valence-corrected chi connectivity index (χ2v) is 10.9. The predicted octanol–water partition coefficient (Wildman–Crippen LogP) is 2.78. The van der Waals surface area contributed by atoms with Crippen molar-refractivity contribution in [2.75, 3.05) is 12.3 Å². The molecular weight excluding hydrogens is 482 g/mol. The lowest BCUT2D eigenvalue weighted by molar-refractivity contribution is -0.161. The highest BCUT2D eigenvalue weighted by atomic mass is 16.6. The Bertz CT molecular complexity index is 1190. The third kappa shape index (κ3) is 5.29. The molecule has 0 aromatic carbocycles. The van der Waals surface area contributed by atoms with Crippen LogP contribution < -0.4 is 5.73 Å². The molecule has 1 saturated heterocycles. The largest absolute Gasteiger partial charge is 0.481 e. The number of aliphatic carboxylic acids is 2. The maximum absolute atomic E-state index is 12.5. The molecule has 12 nitrogen and oxygen atoms in total. The van der Waals surface area contributed by atoms with Crippen LogP contribution in [0, 0.1) is 35.5 Å². The smallest absolute Gasteiger partial charge is 0.309 e. The lowest BCUT2D eigenvalue weighted by atomic mass is 9.61. The number of rotatable bonds is 9. The van der Waals surface area contributed by atoms with E-state index < -0.39 is 58.8 Å². The number of hydrogen-bond acceptors (Lipinski definition) is 9. The van der Waals surface area contributed by atoms with Gasteiger partial charge in [-0.05, 0) is 34.6 Å². The Balaban J connectivity index is 2.11. The van der Waals surface area contributed by atoms with Crippen LogP contribution in [0.25, 0.3) is 11.3 Å². The van der Waals surface area contributed by atoms with Gasteiger partial charge in [-0.2, -0.15) is 0 Å². The standard InChI is InChI=1S/C25H35N5O7/c1-12(2)20(31)36-10-16-17(24(4,5)21(32)33)18(25(6,7)22(34)35)19(37-16)30-9-15(28-11-30)14-8-27-23(26)29-13(14)3/h8-9,11-12,16-19H,10H2,1-7H3,(H,32,33)(H,34,35)(H2,26,27,29)/t16-,17+,18-,19+/m0/s1. The van der Waals surface area contributed by atoms with Gasteiger partial charge in [0.2, 0.25) is 5.95 Å². The molecule has 4 N–H and O–H groups in total. The summed E-state index contributed by atoms with van der Waals surface area (Å²) < 4.78 is 13.4. The minimum atomic E-state index is -1.41. The summed E-state index contributed by atoms with van der Waals surface area (Å²) in [4.78, 5) is 49.7. The predicted molar refractivity (Wildman–Crippen MR) is 132 cm³/mol. The van der Waals surface area contributed by atoms with Crippen LogP contribution in [-0.2, 0) is 23.9 Å². The van der Waals surface area contributed by atoms with Crippen molar-refractivity contribution in [1.82, 2.24) is 19.5 Å². The first kappa shape index (κ1) is 28.0. The topological polar surface area (TPSA) is 180 Å². The lowest BCUT2D eigenvalue weighted by Gasteiger charge is -2.40. The van der Waals surface area contributed by atoms with E-state index in [2.05, 4.69) is 15.0 Å². The lowest BCUT2D eigenvalue weighted by Crippen LogP contribution is -2.48. The van der Waals surface area contributed by atoms with Crippen molar-refractivity contribution in [3.63, 3.8) is 0 Å². The quantitative estimate of drug-likeness (QED) is 0.416. The monoisotopic (exact) mass is 517 g/mol. The molecule has 0 spiro atoms. The number of carboxylic acid groups (broad SMARTS) is 2. The summed E-state index contributed by atoms with van der Waals surface area (Å²) in [6.07, 6.45) is 2.92.